The lowest BCUT2D eigenvalue weighted by Crippen LogP contribution is -2.23. The molecule has 0 aliphatic rings. The van der Waals surface area contributed by atoms with Crippen molar-refractivity contribution < 1.29 is 9.90 Å². The van der Waals surface area contributed by atoms with E-state index in [0.29, 0.717) is 0 Å². The van der Waals surface area contributed by atoms with Gasteiger partial charge in [-0.3, -0.25) is 4.79 Å². The Morgan fingerprint density at radius 3 is 3.08 bits per heavy atom. The summed E-state index contributed by atoms with van der Waals surface area (Å²) in [6, 6.07) is -0.200. The van der Waals surface area contributed by atoms with Crippen molar-refractivity contribution in [2.75, 3.05) is 6.54 Å². The van der Waals surface area contributed by atoms with Crippen LogP contribution in [0.4, 0.5) is 0 Å². The van der Waals surface area contributed by atoms with E-state index in [4.69, 9.17) is 5.11 Å². The second-order valence-electron chi connectivity index (χ2n) is 2.70. The van der Waals surface area contributed by atoms with Crippen molar-refractivity contribution in [3.63, 3.8) is 0 Å². The average Bonchev–Trinajstić information content (AvgIpc) is 2.54. The molecule has 5 nitrogen and oxygen atoms in total. The molecule has 1 heterocycles. The van der Waals surface area contributed by atoms with Crippen LogP contribution in [0.25, 0.3) is 0 Å². The molecular weight excluding hydrogens is 170 g/mol. The number of carboxylic acids is 1. The molecule has 72 valence electrons. The molecule has 0 saturated carbocycles. The van der Waals surface area contributed by atoms with Crippen molar-refractivity contribution in [3.05, 3.63) is 18.2 Å². The first-order valence-electron chi connectivity index (χ1n) is 4.18. The first kappa shape index (κ1) is 9.73. The van der Waals surface area contributed by atoms with Gasteiger partial charge in [-0.25, -0.2) is 4.98 Å². The fourth-order valence-electron chi connectivity index (χ4n) is 1.16. The fourth-order valence-corrected chi connectivity index (χ4v) is 1.16. The van der Waals surface area contributed by atoms with E-state index < -0.39 is 5.97 Å². The highest BCUT2D eigenvalue weighted by molar-refractivity contribution is 5.67. The highest BCUT2D eigenvalue weighted by Crippen LogP contribution is 2.12. The minimum atomic E-state index is -0.825. The van der Waals surface area contributed by atoms with Crippen LogP contribution in [0.1, 0.15) is 25.1 Å². The molecule has 13 heavy (non-hydrogen) atoms. The van der Waals surface area contributed by atoms with Crippen LogP contribution in [0, 0.1) is 0 Å². The van der Waals surface area contributed by atoms with E-state index in [-0.39, 0.29) is 12.5 Å². The van der Waals surface area contributed by atoms with Gasteiger partial charge in [-0.05, 0) is 6.54 Å². The van der Waals surface area contributed by atoms with Gasteiger partial charge in [0.05, 0.1) is 24.5 Å². The van der Waals surface area contributed by atoms with Crippen LogP contribution in [-0.4, -0.2) is 27.6 Å². The number of rotatable bonds is 5. The Morgan fingerprint density at radius 1 is 1.85 bits per heavy atom. The monoisotopic (exact) mass is 183 g/mol. The molecular formula is C8H13N3O2. The van der Waals surface area contributed by atoms with E-state index in [1.165, 1.54) is 0 Å². The molecule has 5 heteroatoms. The summed E-state index contributed by atoms with van der Waals surface area (Å²) >= 11 is 0. The average molecular weight is 183 g/mol. The van der Waals surface area contributed by atoms with Gasteiger partial charge in [0.2, 0.25) is 0 Å². The summed E-state index contributed by atoms with van der Waals surface area (Å²) in [4.78, 5) is 17.3. The van der Waals surface area contributed by atoms with E-state index in [9.17, 15) is 4.79 Å². The molecule has 0 spiro atoms. The lowest BCUT2D eigenvalue weighted by Gasteiger charge is -2.12. The number of carboxylic acid groups (broad SMARTS) is 1. The molecule has 1 unspecified atom stereocenters. The molecule has 0 bridgehead atoms. The normalized spacial score (nSPS) is 12.7. The van der Waals surface area contributed by atoms with Gasteiger partial charge in [0, 0.05) is 6.20 Å². The molecule has 3 N–H and O–H groups in total. The maximum absolute atomic E-state index is 10.5. The number of nitrogens with zero attached hydrogens (tertiary/aromatic N) is 1. The van der Waals surface area contributed by atoms with E-state index in [0.717, 1.165) is 12.2 Å². The van der Waals surface area contributed by atoms with Gasteiger partial charge in [0.1, 0.15) is 0 Å². The Bertz CT molecular complexity index is 258. The number of aliphatic carboxylic acids is 1. The van der Waals surface area contributed by atoms with Gasteiger partial charge in [-0.1, -0.05) is 6.92 Å². The second kappa shape index (κ2) is 4.61. The number of hydrogen-bond acceptors (Lipinski definition) is 3. The van der Waals surface area contributed by atoms with Gasteiger partial charge >= 0.3 is 5.97 Å². The van der Waals surface area contributed by atoms with Crippen LogP contribution in [0.15, 0.2) is 12.5 Å². The zero-order valence-corrected chi connectivity index (χ0v) is 7.45. The summed E-state index contributed by atoms with van der Waals surface area (Å²) in [6.07, 6.45) is 3.30. The summed E-state index contributed by atoms with van der Waals surface area (Å²) in [6.45, 7) is 2.66. The number of aromatic amines is 1. The Balaban J connectivity index is 2.62. The van der Waals surface area contributed by atoms with Gasteiger partial charge in [0.25, 0.3) is 0 Å². The number of hydrogen-bond donors (Lipinski definition) is 3. The third kappa shape index (κ3) is 2.87. The Kier molecular flexibility index (Phi) is 3.45. The van der Waals surface area contributed by atoms with E-state index in [1.807, 2.05) is 6.92 Å². The molecule has 1 aromatic rings. The number of nitrogens with one attached hydrogen (secondary N) is 2. The van der Waals surface area contributed by atoms with E-state index >= 15 is 0 Å². The van der Waals surface area contributed by atoms with Gasteiger partial charge in [-0.2, -0.15) is 0 Å². The van der Waals surface area contributed by atoms with Gasteiger partial charge in [-0.15, -0.1) is 0 Å². The Hall–Kier alpha value is -1.36. The highest BCUT2D eigenvalue weighted by atomic mass is 16.4. The van der Waals surface area contributed by atoms with Crippen molar-refractivity contribution >= 4 is 5.97 Å². The molecule has 0 amide bonds. The SMILES string of the molecule is CCNC(CC(=O)O)c1c[nH]cn1. The van der Waals surface area contributed by atoms with Crippen molar-refractivity contribution in [2.24, 2.45) is 0 Å². The molecule has 0 radical (unpaired) electrons. The van der Waals surface area contributed by atoms with Crippen LogP contribution in [0.2, 0.25) is 0 Å². The predicted molar refractivity (Wildman–Crippen MR) is 47.3 cm³/mol. The molecule has 0 aromatic carbocycles. The number of carbonyl (C=O) groups is 1. The molecule has 0 saturated heterocycles. The topological polar surface area (TPSA) is 78.0 Å². The summed E-state index contributed by atoms with van der Waals surface area (Å²) in [5, 5.41) is 11.7. The number of H-pyrrole nitrogens is 1. The van der Waals surface area contributed by atoms with Crippen LogP contribution in [-0.2, 0) is 4.79 Å². The summed E-state index contributed by atoms with van der Waals surface area (Å²) in [7, 11) is 0. The zero-order chi connectivity index (χ0) is 9.68. The van der Waals surface area contributed by atoms with E-state index in [2.05, 4.69) is 15.3 Å². The van der Waals surface area contributed by atoms with Crippen molar-refractivity contribution in [3.8, 4) is 0 Å². The number of aromatic nitrogens is 2. The maximum Gasteiger partial charge on any atom is 0.305 e. The molecule has 0 aliphatic carbocycles. The number of imidazole rings is 1. The highest BCUT2D eigenvalue weighted by Gasteiger charge is 2.15. The quantitative estimate of drug-likeness (QED) is 0.622. The third-order valence-corrected chi connectivity index (χ3v) is 1.71. The molecule has 0 aliphatic heterocycles. The van der Waals surface area contributed by atoms with Crippen LogP contribution in [0.3, 0.4) is 0 Å². The Morgan fingerprint density at radius 2 is 2.62 bits per heavy atom. The van der Waals surface area contributed by atoms with E-state index in [1.54, 1.807) is 12.5 Å². The maximum atomic E-state index is 10.5. The lowest BCUT2D eigenvalue weighted by atomic mass is 10.1. The minimum Gasteiger partial charge on any atom is -0.481 e. The molecule has 0 fully saturated rings. The van der Waals surface area contributed by atoms with Crippen LogP contribution < -0.4 is 5.32 Å². The summed E-state index contributed by atoms with van der Waals surface area (Å²) in [5.41, 5.74) is 0.740. The summed E-state index contributed by atoms with van der Waals surface area (Å²) in [5.74, 6) is -0.825. The van der Waals surface area contributed by atoms with Crippen molar-refractivity contribution in [1.82, 2.24) is 15.3 Å². The van der Waals surface area contributed by atoms with Crippen LogP contribution >= 0.6 is 0 Å². The lowest BCUT2D eigenvalue weighted by molar-refractivity contribution is -0.137. The third-order valence-electron chi connectivity index (χ3n) is 1.71. The van der Waals surface area contributed by atoms with Gasteiger partial charge in [0.15, 0.2) is 0 Å². The van der Waals surface area contributed by atoms with Crippen molar-refractivity contribution in [2.45, 2.75) is 19.4 Å². The zero-order valence-electron chi connectivity index (χ0n) is 7.45. The second-order valence-corrected chi connectivity index (χ2v) is 2.70. The van der Waals surface area contributed by atoms with Crippen molar-refractivity contribution in [1.29, 1.82) is 0 Å². The predicted octanol–water partition coefficient (Wildman–Crippen LogP) is 0.535. The first-order valence-corrected chi connectivity index (χ1v) is 4.18. The largest absolute Gasteiger partial charge is 0.481 e. The Labute approximate surface area is 76.2 Å². The smallest absolute Gasteiger partial charge is 0.305 e. The van der Waals surface area contributed by atoms with Crippen LogP contribution in [0.5, 0.6) is 0 Å². The fraction of sp³-hybridized carbons (Fsp3) is 0.500. The minimum absolute atomic E-state index is 0.0543. The van der Waals surface area contributed by atoms with Gasteiger partial charge < -0.3 is 15.4 Å². The molecule has 1 rings (SSSR count). The standard InChI is InChI=1S/C8H13N3O2/c1-2-10-6(3-8(12)13)7-4-9-5-11-7/h4-6,10H,2-3H2,1H3,(H,9,11)(H,12,13). The molecule has 1 atom stereocenters. The summed E-state index contributed by atoms with van der Waals surface area (Å²) < 4.78 is 0. The molecule has 1 aromatic heterocycles. The first-order chi connectivity index (χ1) is 6.24.